The second-order valence-electron chi connectivity index (χ2n) is 5.84. The molecule has 0 bridgehead atoms. The van der Waals surface area contributed by atoms with E-state index in [0.717, 1.165) is 19.3 Å². The van der Waals surface area contributed by atoms with E-state index in [9.17, 15) is 18.0 Å². The molecule has 0 radical (unpaired) electrons. The van der Waals surface area contributed by atoms with Gasteiger partial charge < -0.3 is 10.2 Å². The summed E-state index contributed by atoms with van der Waals surface area (Å²) in [4.78, 5) is 14.6. The van der Waals surface area contributed by atoms with Gasteiger partial charge in [-0.15, -0.1) is 0 Å². The number of hydrogen-bond acceptors (Lipinski definition) is 3. The Morgan fingerprint density at radius 2 is 1.85 bits per heavy atom. The molecule has 0 saturated carbocycles. The average molecular weight is 293 g/mol. The van der Waals surface area contributed by atoms with Crippen molar-refractivity contribution < 1.29 is 18.0 Å². The molecule has 2 aliphatic heterocycles. The second kappa shape index (κ2) is 6.30. The SMILES string of the molecule is CN1CC(NC2CCN(CC(F)(F)F)CC2)CCC1=O. The Morgan fingerprint density at radius 1 is 1.20 bits per heavy atom. The van der Waals surface area contributed by atoms with E-state index in [4.69, 9.17) is 0 Å². The van der Waals surface area contributed by atoms with E-state index in [1.54, 1.807) is 11.9 Å². The van der Waals surface area contributed by atoms with Crippen LogP contribution in [0.2, 0.25) is 0 Å². The highest BCUT2D eigenvalue weighted by Crippen LogP contribution is 2.20. The van der Waals surface area contributed by atoms with E-state index in [1.807, 2.05) is 0 Å². The molecule has 2 rings (SSSR count). The van der Waals surface area contributed by atoms with Crippen molar-refractivity contribution in [2.24, 2.45) is 0 Å². The number of hydrogen-bond donors (Lipinski definition) is 1. The normalized spacial score (nSPS) is 27.1. The average Bonchev–Trinajstić information content (AvgIpc) is 2.35. The quantitative estimate of drug-likeness (QED) is 0.850. The monoisotopic (exact) mass is 293 g/mol. The summed E-state index contributed by atoms with van der Waals surface area (Å²) in [6.07, 6.45) is -1.24. The second-order valence-corrected chi connectivity index (χ2v) is 5.84. The van der Waals surface area contributed by atoms with E-state index in [-0.39, 0.29) is 18.0 Å². The Hall–Kier alpha value is -0.820. The zero-order valence-electron chi connectivity index (χ0n) is 11.7. The Bertz CT molecular complexity index is 340. The molecule has 0 aromatic carbocycles. The van der Waals surface area contributed by atoms with Gasteiger partial charge in [0.05, 0.1) is 6.54 Å². The van der Waals surface area contributed by atoms with Crippen LogP contribution in [0.4, 0.5) is 13.2 Å². The van der Waals surface area contributed by atoms with E-state index in [1.165, 1.54) is 4.90 Å². The number of halogens is 3. The van der Waals surface area contributed by atoms with Gasteiger partial charge in [-0.05, 0) is 32.4 Å². The number of carbonyl (C=O) groups is 1. The number of likely N-dealkylation sites (tertiary alicyclic amines) is 2. The summed E-state index contributed by atoms with van der Waals surface area (Å²) >= 11 is 0. The number of carbonyl (C=O) groups excluding carboxylic acids is 1. The molecule has 0 spiro atoms. The summed E-state index contributed by atoms with van der Waals surface area (Å²) in [7, 11) is 1.79. The summed E-state index contributed by atoms with van der Waals surface area (Å²) in [5.41, 5.74) is 0. The molecule has 1 unspecified atom stereocenters. The third-order valence-electron chi connectivity index (χ3n) is 4.09. The minimum Gasteiger partial charge on any atom is -0.344 e. The molecule has 116 valence electrons. The summed E-state index contributed by atoms with van der Waals surface area (Å²) in [6.45, 7) is 0.860. The van der Waals surface area contributed by atoms with Crippen LogP contribution < -0.4 is 5.32 Å². The van der Waals surface area contributed by atoms with Crippen molar-refractivity contribution in [2.75, 3.05) is 33.2 Å². The largest absolute Gasteiger partial charge is 0.401 e. The standard InChI is InChI=1S/C13H22F3N3O/c1-18-8-11(2-3-12(18)20)17-10-4-6-19(7-5-10)9-13(14,15)16/h10-11,17H,2-9H2,1H3. The van der Waals surface area contributed by atoms with Gasteiger partial charge in [0.2, 0.25) is 5.91 Å². The molecule has 1 atom stereocenters. The van der Waals surface area contributed by atoms with Gasteiger partial charge in [-0.3, -0.25) is 9.69 Å². The van der Waals surface area contributed by atoms with Crippen LogP contribution in [0, 0.1) is 0 Å². The molecule has 0 aromatic heterocycles. The highest BCUT2D eigenvalue weighted by Gasteiger charge is 2.33. The van der Waals surface area contributed by atoms with Gasteiger partial charge in [0, 0.05) is 32.1 Å². The number of amides is 1. The highest BCUT2D eigenvalue weighted by atomic mass is 19.4. The molecule has 0 aromatic rings. The van der Waals surface area contributed by atoms with Gasteiger partial charge in [-0.25, -0.2) is 0 Å². The maximum Gasteiger partial charge on any atom is 0.401 e. The van der Waals surface area contributed by atoms with Crippen LogP contribution >= 0.6 is 0 Å². The van der Waals surface area contributed by atoms with Gasteiger partial charge in [0.25, 0.3) is 0 Å². The molecular weight excluding hydrogens is 271 g/mol. The van der Waals surface area contributed by atoms with Crippen molar-refractivity contribution in [3.63, 3.8) is 0 Å². The first-order chi connectivity index (χ1) is 9.33. The molecule has 20 heavy (non-hydrogen) atoms. The summed E-state index contributed by atoms with van der Waals surface area (Å²) < 4.78 is 36.9. The number of nitrogens with one attached hydrogen (secondary N) is 1. The molecule has 7 heteroatoms. The van der Waals surface area contributed by atoms with Gasteiger partial charge in [-0.1, -0.05) is 0 Å². The van der Waals surface area contributed by atoms with E-state index >= 15 is 0 Å². The minimum absolute atomic E-state index is 0.169. The summed E-state index contributed by atoms with van der Waals surface area (Å²) in [5, 5.41) is 3.49. The molecule has 2 aliphatic rings. The lowest BCUT2D eigenvalue weighted by atomic mass is 10.00. The Balaban J connectivity index is 1.71. The van der Waals surface area contributed by atoms with Crippen LogP contribution in [0.1, 0.15) is 25.7 Å². The molecule has 0 aliphatic carbocycles. The molecule has 4 nitrogen and oxygen atoms in total. The topological polar surface area (TPSA) is 35.6 Å². The van der Waals surface area contributed by atoms with Gasteiger partial charge in [0.1, 0.15) is 0 Å². The first kappa shape index (κ1) is 15.6. The molecule has 1 amide bonds. The number of piperidine rings is 2. The number of rotatable bonds is 3. The Kier molecular flexibility index (Phi) is 4.90. The van der Waals surface area contributed by atoms with Gasteiger partial charge in [0.15, 0.2) is 0 Å². The zero-order chi connectivity index (χ0) is 14.8. The van der Waals surface area contributed by atoms with Crippen molar-refractivity contribution in [3.8, 4) is 0 Å². The van der Waals surface area contributed by atoms with Crippen LogP contribution in [0.3, 0.4) is 0 Å². The minimum atomic E-state index is -4.10. The van der Waals surface area contributed by atoms with Crippen molar-refractivity contribution in [3.05, 3.63) is 0 Å². The molecule has 2 saturated heterocycles. The lowest BCUT2D eigenvalue weighted by Crippen LogP contribution is -2.53. The fourth-order valence-corrected chi connectivity index (χ4v) is 2.99. The Morgan fingerprint density at radius 3 is 2.40 bits per heavy atom. The van der Waals surface area contributed by atoms with Crippen molar-refractivity contribution in [2.45, 2.75) is 43.9 Å². The zero-order valence-corrected chi connectivity index (χ0v) is 11.7. The predicted molar refractivity (Wildman–Crippen MR) is 69.3 cm³/mol. The van der Waals surface area contributed by atoms with Gasteiger partial charge >= 0.3 is 6.18 Å². The van der Waals surface area contributed by atoms with Crippen LogP contribution in [-0.2, 0) is 4.79 Å². The summed E-state index contributed by atoms with van der Waals surface area (Å²) in [6, 6.07) is 0.544. The number of nitrogens with zero attached hydrogens (tertiary/aromatic N) is 2. The van der Waals surface area contributed by atoms with E-state index in [0.29, 0.717) is 26.1 Å². The predicted octanol–water partition coefficient (Wildman–Crippen LogP) is 1.22. The van der Waals surface area contributed by atoms with Crippen molar-refractivity contribution in [1.82, 2.24) is 15.1 Å². The third-order valence-corrected chi connectivity index (χ3v) is 4.09. The molecule has 1 N–H and O–H groups in total. The number of likely N-dealkylation sites (N-methyl/N-ethyl adjacent to an activating group) is 1. The van der Waals surface area contributed by atoms with Crippen LogP contribution in [-0.4, -0.2) is 67.2 Å². The molecular formula is C13H22F3N3O. The third kappa shape index (κ3) is 4.63. The van der Waals surface area contributed by atoms with E-state index < -0.39 is 12.7 Å². The highest BCUT2D eigenvalue weighted by molar-refractivity contribution is 5.76. The smallest absolute Gasteiger partial charge is 0.344 e. The van der Waals surface area contributed by atoms with Gasteiger partial charge in [-0.2, -0.15) is 13.2 Å². The lowest BCUT2D eigenvalue weighted by molar-refractivity contribution is -0.148. The number of alkyl halides is 3. The van der Waals surface area contributed by atoms with E-state index in [2.05, 4.69) is 5.32 Å². The summed E-state index contributed by atoms with van der Waals surface area (Å²) in [5.74, 6) is 0.169. The molecule has 2 heterocycles. The lowest BCUT2D eigenvalue weighted by Gasteiger charge is -2.37. The van der Waals surface area contributed by atoms with Crippen LogP contribution in [0.5, 0.6) is 0 Å². The fraction of sp³-hybridized carbons (Fsp3) is 0.923. The van der Waals surface area contributed by atoms with Crippen molar-refractivity contribution >= 4 is 5.91 Å². The maximum absolute atomic E-state index is 12.3. The van der Waals surface area contributed by atoms with Crippen molar-refractivity contribution in [1.29, 1.82) is 0 Å². The Labute approximate surface area is 117 Å². The fourth-order valence-electron chi connectivity index (χ4n) is 2.99. The first-order valence-corrected chi connectivity index (χ1v) is 7.12. The first-order valence-electron chi connectivity index (χ1n) is 7.12. The maximum atomic E-state index is 12.3. The van der Waals surface area contributed by atoms with Crippen LogP contribution in [0.25, 0.3) is 0 Å². The molecule has 2 fully saturated rings. The van der Waals surface area contributed by atoms with Crippen LogP contribution in [0.15, 0.2) is 0 Å².